The minimum absolute atomic E-state index is 0.130. The van der Waals surface area contributed by atoms with Crippen molar-refractivity contribution in [1.29, 1.82) is 0 Å². The highest BCUT2D eigenvalue weighted by Crippen LogP contribution is 2.23. The van der Waals surface area contributed by atoms with Gasteiger partial charge in [-0.3, -0.25) is 0 Å². The van der Waals surface area contributed by atoms with E-state index in [2.05, 4.69) is 4.98 Å². The Hall–Kier alpha value is -2.08. The van der Waals surface area contributed by atoms with Gasteiger partial charge in [0.05, 0.1) is 12.1 Å². The smallest absolute Gasteiger partial charge is 0.347 e. The first-order valence-corrected chi connectivity index (χ1v) is 6.94. The molecule has 2 aromatic rings. The number of thiazole rings is 1. The molecule has 0 amide bonds. The first kappa shape index (κ1) is 14.3. The Morgan fingerprint density at radius 3 is 2.80 bits per heavy atom. The molecule has 1 aromatic carbocycles. The summed E-state index contributed by atoms with van der Waals surface area (Å²) in [5, 5.41) is 9.95. The van der Waals surface area contributed by atoms with Crippen molar-refractivity contribution < 1.29 is 19.4 Å². The molecule has 0 bridgehead atoms. The van der Waals surface area contributed by atoms with Gasteiger partial charge in [0.15, 0.2) is 0 Å². The number of carboxylic acid groups (broad SMARTS) is 1. The van der Waals surface area contributed by atoms with Gasteiger partial charge >= 0.3 is 5.97 Å². The van der Waals surface area contributed by atoms with Crippen LogP contribution in [0.4, 0.5) is 0 Å². The lowest BCUT2D eigenvalue weighted by atomic mass is 10.3. The van der Waals surface area contributed by atoms with E-state index in [9.17, 15) is 4.79 Å². The molecule has 6 heteroatoms. The third kappa shape index (κ3) is 3.27. The number of carbonyl (C=O) groups is 1. The summed E-state index contributed by atoms with van der Waals surface area (Å²) in [6, 6.07) is 7.15. The first-order chi connectivity index (χ1) is 9.63. The Morgan fingerprint density at radius 1 is 1.40 bits per heavy atom. The summed E-state index contributed by atoms with van der Waals surface area (Å²) in [6.45, 7) is 2.07. The van der Waals surface area contributed by atoms with Crippen LogP contribution in [0.15, 0.2) is 24.3 Å². The fourth-order valence-corrected chi connectivity index (χ4v) is 2.51. The maximum atomic E-state index is 11.2. The number of ether oxygens (including phenoxy) is 2. The number of aromatic nitrogens is 1. The number of benzene rings is 1. The Labute approximate surface area is 120 Å². The maximum absolute atomic E-state index is 11.2. The fourth-order valence-electron chi connectivity index (χ4n) is 1.66. The molecule has 0 spiro atoms. The van der Waals surface area contributed by atoms with Gasteiger partial charge in [-0.25, -0.2) is 9.78 Å². The van der Waals surface area contributed by atoms with E-state index in [-0.39, 0.29) is 11.5 Å². The molecule has 0 aliphatic heterocycles. The van der Waals surface area contributed by atoms with Crippen LogP contribution in [0.25, 0.3) is 0 Å². The summed E-state index contributed by atoms with van der Waals surface area (Å²) < 4.78 is 10.7. The van der Waals surface area contributed by atoms with Gasteiger partial charge < -0.3 is 14.6 Å². The van der Waals surface area contributed by atoms with Gasteiger partial charge in [-0.15, -0.1) is 11.3 Å². The molecule has 0 aliphatic carbocycles. The number of carboxylic acids is 1. The van der Waals surface area contributed by atoms with Crippen LogP contribution in [-0.2, 0) is 13.0 Å². The van der Waals surface area contributed by atoms with Gasteiger partial charge in [0.25, 0.3) is 0 Å². The monoisotopic (exact) mass is 293 g/mol. The molecule has 0 radical (unpaired) electrons. The molecule has 0 saturated carbocycles. The van der Waals surface area contributed by atoms with Gasteiger partial charge in [0, 0.05) is 6.07 Å². The normalized spacial score (nSPS) is 10.3. The second-order valence-corrected chi connectivity index (χ2v) is 5.09. The predicted octanol–water partition coefficient (Wildman–Crippen LogP) is 2.99. The number of hydrogen-bond acceptors (Lipinski definition) is 5. The zero-order chi connectivity index (χ0) is 14.5. The summed E-state index contributed by atoms with van der Waals surface area (Å²) in [6.07, 6.45) is 0.712. The van der Waals surface area contributed by atoms with Crippen LogP contribution >= 0.6 is 11.3 Å². The van der Waals surface area contributed by atoms with Crippen molar-refractivity contribution in [1.82, 2.24) is 4.98 Å². The van der Waals surface area contributed by atoms with Gasteiger partial charge in [-0.2, -0.15) is 0 Å². The molecule has 20 heavy (non-hydrogen) atoms. The van der Waals surface area contributed by atoms with Gasteiger partial charge in [-0.1, -0.05) is 13.0 Å². The van der Waals surface area contributed by atoms with Crippen LogP contribution in [0.1, 0.15) is 27.3 Å². The third-order valence-electron chi connectivity index (χ3n) is 2.66. The summed E-state index contributed by atoms with van der Waals surface area (Å²) in [7, 11) is 1.58. The van der Waals surface area contributed by atoms with Crippen LogP contribution in [0, 0.1) is 0 Å². The number of nitrogens with zero attached hydrogens (tertiary/aromatic N) is 1. The van der Waals surface area contributed by atoms with E-state index in [4.69, 9.17) is 14.6 Å². The molecule has 1 heterocycles. The third-order valence-corrected chi connectivity index (χ3v) is 3.89. The Morgan fingerprint density at radius 2 is 2.15 bits per heavy atom. The Balaban J connectivity index is 2.13. The van der Waals surface area contributed by atoms with Crippen molar-refractivity contribution in [2.24, 2.45) is 0 Å². The minimum atomic E-state index is -0.966. The fraction of sp³-hybridized carbons (Fsp3) is 0.286. The Bertz CT molecular complexity index is 609. The molecule has 1 aromatic heterocycles. The van der Waals surface area contributed by atoms with Crippen LogP contribution in [-0.4, -0.2) is 23.2 Å². The standard InChI is InChI=1S/C14H15NO4S/c1-3-12-15-11(13(20-12)14(16)17)8-19-10-6-4-5-9(7-10)18-2/h4-7H,3,8H2,1-2H3,(H,16,17). The van der Waals surface area contributed by atoms with E-state index in [1.54, 1.807) is 19.2 Å². The van der Waals surface area contributed by atoms with Crippen molar-refractivity contribution in [2.75, 3.05) is 7.11 Å². The topological polar surface area (TPSA) is 68.7 Å². The average Bonchev–Trinajstić information content (AvgIpc) is 2.89. The SMILES string of the molecule is CCc1nc(COc2cccc(OC)c2)c(C(=O)O)s1. The summed E-state index contributed by atoms with van der Waals surface area (Å²) in [5.41, 5.74) is 0.460. The van der Waals surface area contributed by atoms with Crippen molar-refractivity contribution in [3.8, 4) is 11.5 Å². The van der Waals surface area contributed by atoms with Crippen molar-refractivity contribution in [3.63, 3.8) is 0 Å². The first-order valence-electron chi connectivity index (χ1n) is 6.12. The van der Waals surface area contributed by atoms with Gasteiger partial charge in [-0.05, 0) is 18.6 Å². The molecule has 2 rings (SSSR count). The zero-order valence-electron chi connectivity index (χ0n) is 11.3. The van der Waals surface area contributed by atoms with Crippen LogP contribution in [0.3, 0.4) is 0 Å². The van der Waals surface area contributed by atoms with Crippen LogP contribution in [0.2, 0.25) is 0 Å². The number of hydrogen-bond donors (Lipinski definition) is 1. The zero-order valence-corrected chi connectivity index (χ0v) is 12.1. The van der Waals surface area contributed by atoms with Gasteiger partial charge in [0.1, 0.15) is 28.7 Å². The highest BCUT2D eigenvalue weighted by Gasteiger charge is 2.17. The molecule has 0 aliphatic rings. The van der Waals surface area contributed by atoms with Crippen LogP contribution < -0.4 is 9.47 Å². The molecule has 0 fully saturated rings. The summed E-state index contributed by atoms with van der Waals surface area (Å²) in [5.74, 6) is 0.340. The molecule has 0 unspecified atom stereocenters. The molecule has 5 nitrogen and oxygen atoms in total. The van der Waals surface area contributed by atoms with Gasteiger partial charge in [0.2, 0.25) is 0 Å². The number of rotatable bonds is 6. The van der Waals surface area contributed by atoms with Crippen LogP contribution in [0.5, 0.6) is 11.5 Å². The predicted molar refractivity (Wildman–Crippen MR) is 75.8 cm³/mol. The minimum Gasteiger partial charge on any atom is -0.497 e. The number of aromatic carboxylic acids is 1. The van der Waals surface area contributed by atoms with E-state index < -0.39 is 5.97 Å². The van der Waals surface area contributed by atoms with E-state index >= 15 is 0 Å². The molecule has 0 atom stereocenters. The Kier molecular flexibility index (Phi) is 4.57. The highest BCUT2D eigenvalue weighted by molar-refractivity contribution is 7.13. The lowest BCUT2D eigenvalue weighted by Gasteiger charge is -2.06. The molecule has 106 valence electrons. The quantitative estimate of drug-likeness (QED) is 0.886. The van der Waals surface area contributed by atoms with E-state index in [0.717, 1.165) is 5.01 Å². The largest absolute Gasteiger partial charge is 0.497 e. The molecular formula is C14H15NO4S. The van der Waals surface area contributed by atoms with E-state index in [0.29, 0.717) is 23.6 Å². The van der Waals surface area contributed by atoms with Crippen molar-refractivity contribution >= 4 is 17.3 Å². The molecular weight excluding hydrogens is 278 g/mol. The maximum Gasteiger partial charge on any atom is 0.347 e. The number of methoxy groups -OCH3 is 1. The van der Waals surface area contributed by atoms with E-state index in [1.165, 1.54) is 11.3 Å². The summed E-state index contributed by atoms with van der Waals surface area (Å²) in [4.78, 5) is 15.7. The molecule has 1 N–H and O–H groups in total. The lowest BCUT2D eigenvalue weighted by Crippen LogP contribution is -2.03. The van der Waals surface area contributed by atoms with Crippen molar-refractivity contribution in [2.45, 2.75) is 20.0 Å². The second kappa shape index (κ2) is 6.38. The van der Waals surface area contributed by atoms with Crippen molar-refractivity contribution in [3.05, 3.63) is 39.8 Å². The average molecular weight is 293 g/mol. The van der Waals surface area contributed by atoms with E-state index in [1.807, 2.05) is 19.1 Å². The molecule has 0 saturated heterocycles. The summed E-state index contributed by atoms with van der Waals surface area (Å²) >= 11 is 1.20. The lowest BCUT2D eigenvalue weighted by molar-refractivity contribution is 0.0699. The second-order valence-electron chi connectivity index (χ2n) is 4.01. The number of aryl methyl sites for hydroxylation is 1. The highest BCUT2D eigenvalue weighted by atomic mass is 32.1.